The van der Waals surface area contributed by atoms with Crippen LogP contribution in [0.25, 0.3) is 16.7 Å². The Hall–Kier alpha value is -3.00. The van der Waals surface area contributed by atoms with Crippen molar-refractivity contribution in [3.8, 4) is 0 Å². The fraction of sp³-hybridized carbons (Fsp3) is 0.333. The lowest BCUT2D eigenvalue weighted by Gasteiger charge is -2.17. The second kappa shape index (κ2) is 6.38. The molecule has 0 saturated carbocycles. The van der Waals surface area contributed by atoms with Crippen molar-refractivity contribution in [3.05, 3.63) is 51.9 Å². The largest absolute Gasteiger partial charge is 0.376 e. The van der Waals surface area contributed by atoms with E-state index < -0.39 is 5.91 Å². The van der Waals surface area contributed by atoms with E-state index in [1.54, 1.807) is 29.0 Å². The van der Waals surface area contributed by atoms with Gasteiger partial charge >= 0.3 is 0 Å². The molecule has 0 bridgehead atoms. The minimum absolute atomic E-state index is 0.0273. The number of amides is 1. The summed E-state index contributed by atoms with van der Waals surface area (Å²) in [6, 6.07) is 6.75. The maximum Gasteiger partial charge on any atom is 0.267 e. The van der Waals surface area contributed by atoms with Gasteiger partial charge in [-0.2, -0.15) is 0 Å². The van der Waals surface area contributed by atoms with E-state index >= 15 is 0 Å². The summed E-state index contributed by atoms with van der Waals surface area (Å²) in [5, 5.41) is 11.3. The molecule has 3 aromatic rings. The average Bonchev–Trinajstić information content (AvgIpc) is 3.17. The highest BCUT2D eigenvalue weighted by molar-refractivity contribution is 5.96. The fourth-order valence-corrected chi connectivity index (χ4v) is 3.36. The van der Waals surface area contributed by atoms with Gasteiger partial charge in [0, 0.05) is 19.9 Å². The van der Waals surface area contributed by atoms with Crippen molar-refractivity contribution < 1.29 is 9.53 Å². The van der Waals surface area contributed by atoms with Crippen LogP contribution in [-0.2, 0) is 11.3 Å². The summed E-state index contributed by atoms with van der Waals surface area (Å²) in [5.74, 6) is -0.407. The Labute approximate surface area is 148 Å². The molecule has 8 heteroatoms. The molecule has 0 spiro atoms. The van der Waals surface area contributed by atoms with Crippen molar-refractivity contribution >= 4 is 22.6 Å². The highest BCUT2D eigenvalue weighted by Gasteiger charge is 2.21. The zero-order chi connectivity index (χ0) is 18.3. The highest BCUT2D eigenvalue weighted by Crippen LogP contribution is 2.16. The number of carbonyl (C=O) groups excluding carboxylic acids is 1. The highest BCUT2D eigenvalue weighted by atomic mass is 16.5. The first-order valence-electron chi connectivity index (χ1n) is 8.53. The Bertz CT molecular complexity index is 1130. The molecule has 0 aliphatic carbocycles. The summed E-state index contributed by atoms with van der Waals surface area (Å²) < 4.78 is 8.75. The predicted molar refractivity (Wildman–Crippen MR) is 95.2 cm³/mol. The van der Waals surface area contributed by atoms with Gasteiger partial charge in [-0.1, -0.05) is 6.07 Å². The topological polar surface area (TPSA) is 101 Å². The van der Waals surface area contributed by atoms with Crippen LogP contribution >= 0.6 is 0 Å². The van der Waals surface area contributed by atoms with Crippen molar-refractivity contribution in [2.75, 3.05) is 13.7 Å². The van der Waals surface area contributed by atoms with E-state index in [0.29, 0.717) is 29.8 Å². The SMILES string of the molecule is CNC(=O)c1cc2c(=O)n3ccccc3nc2n(CC2CCCO2)c1=N. The van der Waals surface area contributed by atoms with E-state index in [1.165, 1.54) is 17.5 Å². The van der Waals surface area contributed by atoms with Crippen LogP contribution in [-0.4, -0.2) is 39.6 Å². The van der Waals surface area contributed by atoms with Gasteiger partial charge in [0.2, 0.25) is 0 Å². The van der Waals surface area contributed by atoms with Crippen LogP contribution in [0, 0.1) is 5.41 Å². The number of aromatic nitrogens is 3. The molecule has 1 aliphatic heterocycles. The molecule has 4 heterocycles. The number of nitrogens with one attached hydrogen (secondary N) is 2. The lowest BCUT2D eigenvalue weighted by Crippen LogP contribution is -2.35. The van der Waals surface area contributed by atoms with Gasteiger partial charge in [-0.25, -0.2) is 4.98 Å². The molecule has 26 heavy (non-hydrogen) atoms. The summed E-state index contributed by atoms with van der Waals surface area (Å²) in [4.78, 5) is 29.8. The van der Waals surface area contributed by atoms with E-state index in [4.69, 9.17) is 10.1 Å². The Balaban J connectivity index is 2.06. The third-order valence-electron chi connectivity index (χ3n) is 4.70. The molecule has 134 valence electrons. The predicted octanol–water partition coefficient (Wildman–Crippen LogP) is 0.667. The van der Waals surface area contributed by atoms with Crippen molar-refractivity contribution in [1.29, 1.82) is 5.41 Å². The first-order valence-corrected chi connectivity index (χ1v) is 8.53. The lowest BCUT2D eigenvalue weighted by molar-refractivity contribution is 0.0938. The molecule has 4 rings (SSSR count). The molecule has 2 N–H and O–H groups in total. The molecule has 1 unspecified atom stereocenters. The van der Waals surface area contributed by atoms with Crippen LogP contribution in [0.3, 0.4) is 0 Å². The minimum atomic E-state index is -0.407. The van der Waals surface area contributed by atoms with E-state index in [1.807, 2.05) is 0 Å². The van der Waals surface area contributed by atoms with Gasteiger partial charge < -0.3 is 14.6 Å². The van der Waals surface area contributed by atoms with Crippen LogP contribution in [0.2, 0.25) is 0 Å². The lowest BCUT2D eigenvalue weighted by atomic mass is 10.1. The zero-order valence-electron chi connectivity index (χ0n) is 14.4. The normalized spacial score (nSPS) is 17.0. The second-order valence-electron chi connectivity index (χ2n) is 6.31. The Morgan fingerprint density at radius 3 is 3.04 bits per heavy atom. The average molecular weight is 353 g/mol. The molecule has 3 aromatic heterocycles. The number of hydrogen-bond acceptors (Lipinski definition) is 5. The van der Waals surface area contributed by atoms with Gasteiger partial charge in [-0.05, 0) is 31.0 Å². The van der Waals surface area contributed by atoms with Crippen LogP contribution in [0.4, 0.5) is 0 Å². The molecule has 0 aromatic carbocycles. The first-order chi connectivity index (χ1) is 12.6. The number of nitrogens with zero attached hydrogens (tertiary/aromatic N) is 3. The summed E-state index contributed by atoms with van der Waals surface area (Å²) in [5.41, 5.74) is 0.802. The quantitative estimate of drug-likeness (QED) is 0.676. The number of fused-ring (bicyclic) bond motifs is 2. The smallest absolute Gasteiger partial charge is 0.267 e. The van der Waals surface area contributed by atoms with Gasteiger partial charge in [0.15, 0.2) is 0 Å². The molecule has 1 amide bonds. The first kappa shape index (κ1) is 16.5. The molecule has 1 atom stereocenters. The fourth-order valence-electron chi connectivity index (χ4n) is 3.36. The van der Waals surface area contributed by atoms with Crippen molar-refractivity contribution in [2.24, 2.45) is 0 Å². The molecule has 0 radical (unpaired) electrons. The molecule has 1 fully saturated rings. The Morgan fingerprint density at radius 1 is 1.46 bits per heavy atom. The second-order valence-corrected chi connectivity index (χ2v) is 6.31. The van der Waals surface area contributed by atoms with Crippen molar-refractivity contribution in [3.63, 3.8) is 0 Å². The van der Waals surface area contributed by atoms with E-state index in [0.717, 1.165) is 12.8 Å². The summed E-state index contributed by atoms with van der Waals surface area (Å²) in [6.07, 6.45) is 3.43. The Morgan fingerprint density at radius 2 is 2.31 bits per heavy atom. The van der Waals surface area contributed by atoms with Crippen molar-refractivity contribution in [1.82, 2.24) is 19.3 Å². The van der Waals surface area contributed by atoms with Crippen LogP contribution in [0.15, 0.2) is 35.3 Å². The number of carbonyl (C=O) groups is 1. The van der Waals surface area contributed by atoms with E-state index in [9.17, 15) is 9.59 Å². The third-order valence-corrected chi connectivity index (χ3v) is 4.70. The van der Waals surface area contributed by atoms with E-state index in [2.05, 4.69) is 10.3 Å². The Kier molecular flexibility index (Phi) is 4.04. The summed E-state index contributed by atoms with van der Waals surface area (Å²) in [7, 11) is 1.50. The zero-order valence-corrected chi connectivity index (χ0v) is 14.4. The van der Waals surface area contributed by atoms with Gasteiger partial charge in [0.1, 0.15) is 16.8 Å². The summed E-state index contributed by atoms with van der Waals surface area (Å²) >= 11 is 0. The van der Waals surface area contributed by atoms with Gasteiger partial charge in [0.25, 0.3) is 11.5 Å². The maximum absolute atomic E-state index is 12.9. The standard InChI is InChI=1S/C18H19N5O3/c1-20-17(24)12-9-13-16(21-14-6-2-3-7-22(14)18(13)25)23(15(12)19)10-11-5-4-8-26-11/h2-3,6-7,9,11,19H,4-5,8,10H2,1H3,(H,20,24). The maximum atomic E-state index is 12.9. The molecule has 1 aliphatic rings. The van der Waals surface area contributed by atoms with Crippen molar-refractivity contribution in [2.45, 2.75) is 25.5 Å². The van der Waals surface area contributed by atoms with E-state index in [-0.39, 0.29) is 22.7 Å². The number of pyridine rings is 2. The van der Waals surface area contributed by atoms with Gasteiger partial charge in [-0.15, -0.1) is 0 Å². The van der Waals surface area contributed by atoms with Gasteiger partial charge in [0.05, 0.1) is 23.6 Å². The van der Waals surface area contributed by atoms with Gasteiger partial charge in [-0.3, -0.25) is 19.4 Å². The number of rotatable bonds is 3. The molecular weight excluding hydrogens is 334 g/mol. The summed E-state index contributed by atoms with van der Waals surface area (Å²) in [6.45, 7) is 1.07. The number of hydrogen-bond donors (Lipinski definition) is 2. The molecular formula is C18H19N5O3. The molecule has 8 nitrogen and oxygen atoms in total. The number of ether oxygens (including phenoxy) is 1. The van der Waals surface area contributed by atoms with Crippen LogP contribution in [0.1, 0.15) is 23.2 Å². The van der Waals surface area contributed by atoms with Crippen LogP contribution in [0.5, 0.6) is 0 Å². The third kappa shape index (κ3) is 2.59. The minimum Gasteiger partial charge on any atom is -0.376 e. The van der Waals surface area contributed by atoms with Crippen LogP contribution < -0.4 is 16.4 Å². The monoisotopic (exact) mass is 353 g/mol. The molecule has 1 saturated heterocycles.